The highest BCUT2D eigenvalue weighted by Gasteiger charge is 2.58. The molecule has 2 unspecified atom stereocenters. The van der Waals surface area contributed by atoms with E-state index in [1.165, 1.54) is 6.92 Å². The molecule has 0 N–H and O–H groups in total. The van der Waals surface area contributed by atoms with Gasteiger partial charge in [-0.05, 0) is 39.3 Å². The molecule has 2 heterocycles. The van der Waals surface area contributed by atoms with Crippen LogP contribution in [0.2, 0.25) is 0 Å². The molecule has 2 fully saturated rings. The molecule has 0 saturated carbocycles. The van der Waals surface area contributed by atoms with Crippen LogP contribution in [-0.4, -0.2) is 47.9 Å². The molecule has 3 aliphatic rings. The van der Waals surface area contributed by atoms with E-state index in [0.29, 0.717) is 18.4 Å². The van der Waals surface area contributed by atoms with Gasteiger partial charge in [0.25, 0.3) is 0 Å². The number of hydrogen-bond donors (Lipinski definition) is 0. The number of hydrogen-bond acceptors (Lipinski definition) is 7. The van der Waals surface area contributed by atoms with Gasteiger partial charge in [-0.3, -0.25) is 4.79 Å². The van der Waals surface area contributed by atoms with Crippen molar-refractivity contribution in [3.8, 4) is 0 Å². The molecule has 6 atom stereocenters. The molecule has 7 nitrogen and oxygen atoms in total. The van der Waals surface area contributed by atoms with E-state index >= 15 is 0 Å². The first-order chi connectivity index (χ1) is 13.6. The Morgan fingerprint density at radius 3 is 2.62 bits per heavy atom. The molecule has 1 aliphatic carbocycles. The quantitative estimate of drug-likeness (QED) is 0.235. The molecular formula is C22H28O7. The van der Waals surface area contributed by atoms with E-state index in [-0.39, 0.29) is 17.6 Å². The third-order valence-corrected chi connectivity index (χ3v) is 5.99. The van der Waals surface area contributed by atoms with Crippen LogP contribution in [0, 0.1) is 5.92 Å². The molecular weight excluding hydrogens is 376 g/mol. The molecule has 0 spiro atoms. The van der Waals surface area contributed by atoms with E-state index in [9.17, 15) is 14.4 Å². The summed E-state index contributed by atoms with van der Waals surface area (Å²) >= 11 is 0. The SMILES string of the molecule is C=C1C(=O)O[C@@H]2C=C(C)C(OC(C)=O)C[C@H]3O[C@]3(C)CC(OC(=O)C(C)=CC)[C@@H]12. The predicted molar refractivity (Wildman–Crippen MR) is 104 cm³/mol. The van der Waals surface area contributed by atoms with Gasteiger partial charge in [-0.15, -0.1) is 0 Å². The molecule has 158 valence electrons. The van der Waals surface area contributed by atoms with Crippen molar-refractivity contribution in [3.63, 3.8) is 0 Å². The van der Waals surface area contributed by atoms with Gasteiger partial charge < -0.3 is 18.9 Å². The monoisotopic (exact) mass is 404 g/mol. The Morgan fingerprint density at radius 1 is 1.31 bits per heavy atom. The van der Waals surface area contributed by atoms with Gasteiger partial charge in [-0.25, -0.2) is 9.59 Å². The van der Waals surface area contributed by atoms with Gasteiger partial charge in [-0.2, -0.15) is 0 Å². The van der Waals surface area contributed by atoms with Crippen molar-refractivity contribution in [1.82, 2.24) is 0 Å². The van der Waals surface area contributed by atoms with Gasteiger partial charge >= 0.3 is 17.9 Å². The van der Waals surface area contributed by atoms with Crippen LogP contribution in [-0.2, 0) is 33.3 Å². The van der Waals surface area contributed by atoms with E-state index in [4.69, 9.17) is 18.9 Å². The Bertz CT molecular complexity index is 808. The zero-order valence-electron chi connectivity index (χ0n) is 17.5. The molecule has 3 rings (SSSR count). The van der Waals surface area contributed by atoms with Crippen LogP contribution in [0.1, 0.15) is 47.5 Å². The van der Waals surface area contributed by atoms with Gasteiger partial charge in [-0.1, -0.05) is 12.7 Å². The first-order valence-corrected chi connectivity index (χ1v) is 9.82. The molecule has 7 heteroatoms. The van der Waals surface area contributed by atoms with Crippen LogP contribution >= 0.6 is 0 Å². The molecule has 2 saturated heterocycles. The number of epoxide rings is 1. The van der Waals surface area contributed by atoms with Crippen LogP contribution in [0.4, 0.5) is 0 Å². The fraction of sp³-hybridized carbons (Fsp3) is 0.591. The second-order valence-corrected chi connectivity index (χ2v) is 8.20. The summed E-state index contributed by atoms with van der Waals surface area (Å²) in [5.41, 5.74) is 0.948. The topological polar surface area (TPSA) is 91.4 Å². The van der Waals surface area contributed by atoms with Crippen LogP contribution in [0.25, 0.3) is 0 Å². The van der Waals surface area contributed by atoms with Crippen molar-refractivity contribution in [3.05, 3.63) is 35.5 Å². The maximum absolute atomic E-state index is 12.5. The number of allylic oxidation sites excluding steroid dienone is 1. The number of fused-ring (bicyclic) bond motifs is 2. The normalized spacial score (nSPS) is 36.9. The minimum Gasteiger partial charge on any atom is -0.458 e. The number of carbonyl (C=O) groups excluding carboxylic acids is 3. The summed E-state index contributed by atoms with van der Waals surface area (Å²) in [7, 11) is 0. The van der Waals surface area contributed by atoms with Crippen LogP contribution in [0.3, 0.4) is 0 Å². The number of carbonyl (C=O) groups is 3. The lowest BCUT2D eigenvalue weighted by Gasteiger charge is -2.29. The fourth-order valence-corrected chi connectivity index (χ4v) is 4.03. The van der Waals surface area contributed by atoms with Crippen molar-refractivity contribution in [2.45, 2.75) is 77.5 Å². The largest absolute Gasteiger partial charge is 0.458 e. The van der Waals surface area contributed by atoms with Gasteiger partial charge in [0.1, 0.15) is 18.3 Å². The summed E-state index contributed by atoms with van der Waals surface area (Å²) in [6.45, 7) is 12.4. The first-order valence-electron chi connectivity index (χ1n) is 9.82. The number of rotatable bonds is 3. The summed E-state index contributed by atoms with van der Waals surface area (Å²) in [5, 5.41) is 0. The second kappa shape index (κ2) is 7.78. The van der Waals surface area contributed by atoms with Crippen molar-refractivity contribution in [1.29, 1.82) is 0 Å². The van der Waals surface area contributed by atoms with E-state index in [1.807, 2.05) is 13.8 Å². The van der Waals surface area contributed by atoms with Crippen LogP contribution < -0.4 is 0 Å². The summed E-state index contributed by atoms with van der Waals surface area (Å²) < 4.78 is 22.7. The van der Waals surface area contributed by atoms with Gasteiger partial charge in [0.15, 0.2) is 0 Å². The molecule has 0 aromatic carbocycles. The molecule has 0 bridgehead atoms. The fourth-order valence-electron chi connectivity index (χ4n) is 4.03. The summed E-state index contributed by atoms with van der Waals surface area (Å²) in [5.74, 6) is -1.89. The molecule has 0 amide bonds. The maximum atomic E-state index is 12.5. The molecule has 0 radical (unpaired) electrons. The van der Waals surface area contributed by atoms with Gasteiger partial charge in [0.2, 0.25) is 0 Å². The molecule has 0 aromatic rings. The number of esters is 3. The molecule has 0 aromatic heterocycles. The smallest absolute Gasteiger partial charge is 0.334 e. The van der Waals surface area contributed by atoms with E-state index in [0.717, 1.165) is 5.57 Å². The van der Waals surface area contributed by atoms with Crippen molar-refractivity contribution >= 4 is 17.9 Å². The Hall–Kier alpha value is -2.41. The standard InChI is InChI=1S/C22H28O7/c1-7-11(2)20(24)28-17-10-22(6)18(29-22)9-15(26-14(5)23)12(3)8-16-19(17)13(4)21(25)27-16/h7-8,15-19H,4,9-10H2,1-3,5-6H3/t15?,16-,17?,18-,19+,22-/m1/s1. The highest BCUT2D eigenvalue weighted by atomic mass is 16.6. The molecule has 29 heavy (non-hydrogen) atoms. The highest BCUT2D eigenvalue weighted by molar-refractivity contribution is 5.92. The minimum atomic E-state index is -0.657. The van der Waals surface area contributed by atoms with Crippen molar-refractivity contribution < 1.29 is 33.3 Å². The predicted octanol–water partition coefficient (Wildman–Crippen LogP) is 2.79. The van der Waals surface area contributed by atoms with Crippen molar-refractivity contribution in [2.75, 3.05) is 0 Å². The Morgan fingerprint density at radius 2 is 2.00 bits per heavy atom. The van der Waals surface area contributed by atoms with Crippen molar-refractivity contribution in [2.24, 2.45) is 5.92 Å². The Kier molecular flexibility index (Phi) is 5.72. The van der Waals surface area contributed by atoms with Crippen LogP contribution in [0.15, 0.2) is 35.5 Å². The van der Waals surface area contributed by atoms with E-state index in [2.05, 4.69) is 6.58 Å². The van der Waals surface area contributed by atoms with Gasteiger partial charge in [0.05, 0.1) is 17.6 Å². The summed E-state index contributed by atoms with van der Waals surface area (Å²) in [6, 6.07) is 0. The first kappa shape index (κ1) is 21.3. The lowest BCUT2D eigenvalue weighted by atomic mass is 9.82. The third kappa shape index (κ3) is 4.29. The zero-order chi connectivity index (χ0) is 21.5. The Labute approximate surface area is 170 Å². The molecule has 2 aliphatic heterocycles. The number of ether oxygens (including phenoxy) is 4. The summed E-state index contributed by atoms with van der Waals surface area (Å²) in [6.07, 6.45) is 2.40. The van der Waals surface area contributed by atoms with E-state index < -0.39 is 41.8 Å². The lowest BCUT2D eigenvalue weighted by Crippen LogP contribution is -2.38. The third-order valence-electron chi connectivity index (χ3n) is 5.99. The average molecular weight is 404 g/mol. The zero-order valence-corrected chi connectivity index (χ0v) is 17.5. The highest BCUT2D eigenvalue weighted by Crippen LogP contribution is 2.48. The average Bonchev–Trinajstić information content (AvgIpc) is 3.17. The summed E-state index contributed by atoms with van der Waals surface area (Å²) in [4.78, 5) is 36.3. The Balaban J connectivity index is 1.99. The maximum Gasteiger partial charge on any atom is 0.334 e. The van der Waals surface area contributed by atoms with Gasteiger partial charge in [0, 0.05) is 30.9 Å². The van der Waals surface area contributed by atoms with E-state index in [1.54, 1.807) is 26.0 Å². The second-order valence-electron chi connectivity index (χ2n) is 8.20. The van der Waals surface area contributed by atoms with Crippen LogP contribution in [0.5, 0.6) is 0 Å². The lowest BCUT2D eigenvalue weighted by molar-refractivity contribution is -0.149. The minimum absolute atomic E-state index is 0.151.